The van der Waals surface area contributed by atoms with E-state index in [9.17, 15) is 0 Å². The second-order valence-electron chi connectivity index (χ2n) is 6.23. The summed E-state index contributed by atoms with van der Waals surface area (Å²) in [6, 6.07) is 0. The molecule has 0 aromatic heterocycles. The first-order valence-corrected chi connectivity index (χ1v) is 6.44. The molecule has 0 saturated heterocycles. The van der Waals surface area contributed by atoms with Gasteiger partial charge in [-0.2, -0.15) is 0 Å². The molecule has 4 rings (SSSR count). The zero-order chi connectivity index (χ0) is 10.3. The van der Waals surface area contributed by atoms with Crippen LogP contribution in [0.2, 0.25) is 0 Å². The lowest BCUT2D eigenvalue weighted by atomic mass is 9.49. The Morgan fingerprint density at radius 2 is 1.60 bits per heavy atom. The van der Waals surface area contributed by atoms with Gasteiger partial charge in [-0.15, -0.1) is 6.42 Å². The molecule has 4 bridgehead atoms. The van der Waals surface area contributed by atoms with Crippen LogP contribution >= 0.6 is 0 Å². The first kappa shape index (κ1) is 9.73. The number of rotatable bonds is 3. The number of hydrogen-bond acceptors (Lipinski definition) is 1. The lowest BCUT2D eigenvalue weighted by Gasteiger charge is -2.57. The highest BCUT2D eigenvalue weighted by Crippen LogP contribution is 2.59. The van der Waals surface area contributed by atoms with Crippen LogP contribution in [0.3, 0.4) is 0 Å². The molecule has 4 saturated carbocycles. The van der Waals surface area contributed by atoms with Crippen molar-refractivity contribution in [1.82, 2.24) is 5.32 Å². The topological polar surface area (TPSA) is 12.0 Å². The predicted molar refractivity (Wildman–Crippen MR) is 62.3 cm³/mol. The quantitative estimate of drug-likeness (QED) is 0.549. The van der Waals surface area contributed by atoms with Gasteiger partial charge in [0.1, 0.15) is 0 Å². The van der Waals surface area contributed by atoms with E-state index < -0.39 is 0 Å². The third-order valence-electron chi connectivity index (χ3n) is 4.89. The number of nitrogens with one attached hydrogen (secondary N) is 1. The Hall–Kier alpha value is -0.480. The second-order valence-corrected chi connectivity index (χ2v) is 6.23. The Bertz CT molecular complexity index is 251. The Labute approximate surface area is 93.0 Å². The molecular weight excluding hydrogens is 182 g/mol. The highest BCUT2D eigenvalue weighted by atomic mass is 14.9. The van der Waals surface area contributed by atoms with Crippen LogP contribution in [0.25, 0.3) is 0 Å². The molecule has 0 unspecified atom stereocenters. The van der Waals surface area contributed by atoms with Crippen LogP contribution in [0.4, 0.5) is 0 Å². The van der Waals surface area contributed by atoms with E-state index in [-0.39, 0.29) is 0 Å². The van der Waals surface area contributed by atoms with Gasteiger partial charge < -0.3 is 5.32 Å². The average Bonchev–Trinajstić information content (AvgIpc) is 2.15. The summed E-state index contributed by atoms with van der Waals surface area (Å²) in [5.41, 5.74) is 0.644. The summed E-state index contributed by atoms with van der Waals surface area (Å²) in [6.07, 6.45) is 14.4. The maximum atomic E-state index is 5.29. The SMILES string of the molecule is C#CCNCC12CC3CC(CC(C3)C1)C2. The molecule has 4 fully saturated rings. The summed E-state index contributed by atoms with van der Waals surface area (Å²) in [4.78, 5) is 0. The van der Waals surface area contributed by atoms with Crippen LogP contribution in [0, 0.1) is 35.5 Å². The fourth-order valence-corrected chi connectivity index (χ4v) is 4.91. The van der Waals surface area contributed by atoms with E-state index >= 15 is 0 Å². The Balaban J connectivity index is 1.68. The van der Waals surface area contributed by atoms with Crippen LogP contribution in [0.5, 0.6) is 0 Å². The molecule has 0 heterocycles. The predicted octanol–water partition coefficient (Wildman–Crippen LogP) is 2.43. The molecule has 1 nitrogen and oxygen atoms in total. The third kappa shape index (κ3) is 1.70. The van der Waals surface area contributed by atoms with E-state index in [4.69, 9.17) is 6.42 Å². The summed E-state index contributed by atoms with van der Waals surface area (Å²) in [6.45, 7) is 1.93. The van der Waals surface area contributed by atoms with E-state index in [0.29, 0.717) is 5.41 Å². The zero-order valence-corrected chi connectivity index (χ0v) is 9.47. The van der Waals surface area contributed by atoms with E-state index in [1.54, 1.807) is 0 Å². The van der Waals surface area contributed by atoms with Gasteiger partial charge in [0, 0.05) is 6.54 Å². The van der Waals surface area contributed by atoms with Crippen molar-refractivity contribution in [3.63, 3.8) is 0 Å². The number of hydrogen-bond donors (Lipinski definition) is 1. The average molecular weight is 203 g/mol. The molecule has 4 aliphatic carbocycles. The molecule has 0 aliphatic heterocycles. The molecule has 1 N–H and O–H groups in total. The number of terminal acetylenes is 1. The van der Waals surface area contributed by atoms with Crippen molar-refractivity contribution in [1.29, 1.82) is 0 Å². The van der Waals surface area contributed by atoms with Crippen LogP contribution in [0.1, 0.15) is 38.5 Å². The minimum atomic E-state index is 0.644. The van der Waals surface area contributed by atoms with Crippen molar-refractivity contribution in [2.75, 3.05) is 13.1 Å². The minimum absolute atomic E-state index is 0.644. The molecular formula is C14H21N. The Kier molecular flexibility index (Phi) is 2.29. The van der Waals surface area contributed by atoms with Crippen molar-refractivity contribution < 1.29 is 0 Å². The Morgan fingerprint density at radius 3 is 2.07 bits per heavy atom. The first-order chi connectivity index (χ1) is 7.30. The lowest BCUT2D eigenvalue weighted by molar-refractivity contribution is -0.0507. The van der Waals surface area contributed by atoms with Gasteiger partial charge in [-0.3, -0.25) is 0 Å². The summed E-state index contributed by atoms with van der Waals surface area (Å²) in [7, 11) is 0. The van der Waals surface area contributed by atoms with Crippen molar-refractivity contribution in [2.45, 2.75) is 38.5 Å². The molecule has 0 atom stereocenters. The summed E-state index contributed by atoms with van der Waals surface area (Å²) >= 11 is 0. The molecule has 0 radical (unpaired) electrons. The largest absolute Gasteiger partial charge is 0.306 e. The van der Waals surface area contributed by atoms with E-state index in [0.717, 1.165) is 24.3 Å². The van der Waals surface area contributed by atoms with Gasteiger partial charge in [0.05, 0.1) is 6.54 Å². The van der Waals surface area contributed by atoms with Crippen molar-refractivity contribution in [2.24, 2.45) is 23.2 Å². The fraction of sp³-hybridized carbons (Fsp3) is 0.857. The standard InChI is InChI=1S/C14H21N/c1-2-3-15-10-14-7-11-4-12(8-14)6-13(5-11)9-14/h1,11-13,15H,3-10H2. The highest BCUT2D eigenvalue weighted by Gasteiger charge is 2.50. The summed E-state index contributed by atoms with van der Waals surface area (Å²) in [5, 5.41) is 3.46. The fourth-order valence-electron chi connectivity index (χ4n) is 4.91. The Morgan fingerprint density at radius 1 is 1.07 bits per heavy atom. The van der Waals surface area contributed by atoms with Crippen LogP contribution in [-0.4, -0.2) is 13.1 Å². The maximum absolute atomic E-state index is 5.29. The van der Waals surface area contributed by atoms with Gasteiger partial charge in [0.2, 0.25) is 0 Å². The molecule has 15 heavy (non-hydrogen) atoms. The molecule has 0 spiro atoms. The van der Waals surface area contributed by atoms with Gasteiger partial charge in [-0.05, 0) is 61.7 Å². The van der Waals surface area contributed by atoms with E-state index in [1.165, 1.54) is 45.1 Å². The molecule has 0 aromatic rings. The molecule has 1 heteroatoms. The maximum Gasteiger partial charge on any atom is 0.0574 e. The summed E-state index contributed by atoms with van der Waals surface area (Å²) < 4.78 is 0. The van der Waals surface area contributed by atoms with Gasteiger partial charge in [-0.25, -0.2) is 0 Å². The lowest BCUT2D eigenvalue weighted by Crippen LogP contribution is -2.50. The van der Waals surface area contributed by atoms with E-state index in [1.807, 2.05) is 0 Å². The van der Waals surface area contributed by atoms with Crippen molar-refractivity contribution in [3.8, 4) is 12.3 Å². The van der Waals surface area contributed by atoms with Crippen LogP contribution in [0.15, 0.2) is 0 Å². The second kappa shape index (κ2) is 3.52. The van der Waals surface area contributed by atoms with Gasteiger partial charge in [0.25, 0.3) is 0 Å². The third-order valence-corrected chi connectivity index (χ3v) is 4.89. The van der Waals surface area contributed by atoms with Gasteiger partial charge in [0.15, 0.2) is 0 Å². The molecule has 0 amide bonds. The molecule has 82 valence electrons. The van der Waals surface area contributed by atoms with Crippen molar-refractivity contribution >= 4 is 0 Å². The van der Waals surface area contributed by atoms with E-state index in [2.05, 4.69) is 11.2 Å². The van der Waals surface area contributed by atoms with Gasteiger partial charge >= 0.3 is 0 Å². The molecule has 4 aliphatic rings. The van der Waals surface area contributed by atoms with Crippen LogP contribution < -0.4 is 5.32 Å². The smallest absolute Gasteiger partial charge is 0.0574 e. The highest BCUT2D eigenvalue weighted by molar-refractivity contribution is 5.02. The normalized spacial score (nSPS) is 46.7. The molecule has 0 aromatic carbocycles. The van der Waals surface area contributed by atoms with Crippen molar-refractivity contribution in [3.05, 3.63) is 0 Å². The van der Waals surface area contributed by atoms with Gasteiger partial charge in [-0.1, -0.05) is 5.92 Å². The first-order valence-electron chi connectivity index (χ1n) is 6.44. The minimum Gasteiger partial charge on any atom is -0.306 e. The zero-order valence-electron chi connectivity index (χ0n) is 9.47. The van der Waals surface area contributed by atoms with Crippen LogP contribution in [-0.2, 0) is 0 Å². The monoisotopic (exact) mass is 203 g/mol. The summed E-state index contributed by atoms with van der Waals surface area (Å²) in [5.74, 6) is 5.87.